The summed E-state index contributed by atoms with van der Waals surface area (Å²) in [5.41, 5.74) is 3.42. The van der Waals surface area contributed by atoms with Crippen molar-refractivity contribution in [2.75, 3.05) is 11.6 Å². The number of halogens is 3. The molecule has 0 aliphatic heterocycles. The van der Waals surface area contributed by atoms with Crippen LogP contribution in [0.1, 0.15) is 17.0 Å². The zero-order valence-corrected chi connectivity index (χ0v) is 17.7. The van der Waals surface area contributed by atoms with Crippen LogP contribution in [0, 0.1) is 0 Å². The predicted molar refractivity (Wildman–Crippen MR) is 117 cm³/mol. The van der Waals surface area contributed by atoms with E-state index in [2.05, 4.69) is 25.3 Å². The number of anilines is 2. The summed E-state index contributed by atoms with van der Waals surface area (Å²) in [6.45, 7) is -0.498. The van der Waals surface area contributed by atoms with Crippen molar-refractivity contribution in [3.8, 4) is 0 Å². The number of hydrogen-bond acceptors (Lipinski definition) is 5. The number of H-pyrrole nitrogens is 1. The van der Waals surface area contributed by atoms with Gasteiger partial charge in [0, 0.05) is 22.2 Å². The third kappa shape index (κ3) is 4.32. The normalized spacial score (nSPS) is 11.2. The lowest BCUT2D eigenvalue weighted by Gasteiger charge is -2.07. The van der Waals surface area contributed by atoms with E-state index >= 15 is 0 Å². The number of nitrogens with one attached hydrogen (secondary N) is 2. The fourth-order valence-corrected chi connectivity index (χ4v) is 3.77. The molecule has 0 saturated carbocycles. The third-order valence-corrected chi connectivity index (χ3v) is 5.59. The molecule has 0 fully saturated rings. The van der Waals surface area contributed by atoms with E-state index in [4.69, 9.17) is 23.2 Å². The summed E-state index contributed by atoms with van der Waals surface area (Å²) in [5.74, 6) is 1.25. The topological polar surface area (TPSA) is 66.5 Å². The molecule has 29 heavy (non-hydrogen) atoms. The van der Waals surface area contributed by atoms with Gasteiger partial charge in [-0.05, 0) is 41.6 Å². The fraction of sp³-hybridized carbons (Fsp3) is 0.150. The van der Waals surface area contributed by atoms with Crippen LogP contribution in [0.15, 0.2) is 47.6 Å². The smallest absolute Gasteiger partial charge is 0.191 e. The van der Waals surface area contributed by atoms with Crippen LogP contribution in [0.5, 0.6) is 0 Å². The van der Waals surface area contributed by atoms with Crippen LogP contribution in [-0.4, -0.2) is 26.2 Å². The van der Waals surface area contributed by atoms with Crippen molar-refractivity contribution in [2.24, 2.45) is 0 Å². The van der Waals surface area contributed by atoms with E-state index in [9.17, 15) is 4.39 Å². The average Bonchev–Trinajstić information content (AvgIpc) is 3.14. The molecule has 0 amide bonds. The Balaban J connectivity index is 1.72. The van der Waals surface area contributed by atoms with Gasteiger partial charge in [0.2, 0.25) is 0 Å². The summed E-state index contributed by atoms with van der Waals surface area (Å²) < 4.78 is 12.8. The van der Waals surface area contributed by atoms with Crippen LogP contribution in [-0.2, 0) is 13.1 Å². The standard InChI is InChI=1S/C20H16Cl2FN5S/c1-29-20-27-18(24-12-7-5-11(10-23)6-8-12)17-19(28-20)26-16(25-17)9-13-14(21)3-2-4-15(13)22/h2-8H,9-10H2,1H3,(H2,24,25,26,27,28). The molecule has 0 unspecified atom stereocenters. The van der Waals surface area contributed by atoms with Gasteiger partial charge in [0.1, 0.15) is 12.5 Å². The van der Waals surface area contributed by atoms with Crippen molar-refractivity contribution >= 4 is 57.6 Å². The maximum absolute atomic E-state index is 12.8. The Hall–Kier alpha value is -2.35. The third-order valence-electron chi connectivity index (χ3n) is 4.33. The molecule has 0 atom stereocenters. The van der Waals surface area contributed by atoms with E-state index < -0.39 is 6.67 Å². The van der Waals surface area contributed by atoms with Crippen LogP contribution < -0.4 is 5.32 Å². The molecule has 0 aliphatic rings. The number of alkyl halides is 1. The second kappa shape index (κ2) is 8.57. The Kier molecular flexibility index (Phi) is 5.89. The number of thioether (sulfide) groups is 1. The van der Waals surface area contributed by atoms with Gasteiger partial charge in [-0.15, -0.1) is 0 Å². The first kappa shape index (κ1) is 19.9. The Morgan fingerprint density at radius 2 is 1.76 bits per heavy atom. The molecule has 2 aromatic carbocycles. The van der Waals surface area contributed by atoms with Gasteiger partial charge in [0.15, 0.2) is 22.1 Å². The highest BCUT2D eigenvalue weighted by molar-refractivity contribution is 7.98. The summed E-state index contributed by atoms with van der Waals surface area (Å²) in [6.07, 6.45) is 2.34. The molecule has 2 aromatic heterocycles. The van der Waals surface area contributed by atoms with Crippen molar-refractivity contribution in [3.05, 3.63) is 69.5 Å². The number of hydrogen-bond donors (Lipinski definition) is 2. The van der Waals surface area contributed by atoms with Crippen molar-refractivity contribution in [1.29, 1.82) is 0 Å². The zero-order chi connectivity index (χ0) is 20.4. The van der Waals surface area contributed by atoms with Crippen molar-refractivity contribution in [1.82, 2.24) is 19.9 Å². The Morgan fingerprint density at radius 3 is 2.41 bits per heavy atom. The molecule has 148 valence electrons. The van der Waals surface area contributed by atoms with Gasteiger partial charge in [-0.2, -0.15) is 0 Å². The van der Waals surface area contributed by atoms with Gasteiger partial charge in [0.25, 0.3) is 0 Å². The molecule has 9 heteroatoms. The molecule has 0 spiro atoms. The average molecular weight is 448 g/mol. The number of aromatic nitrogens is 4. The number of aromatic amines is 1. The molecule has 2 heterocycles. The Morgan fingerprint density at radius 1 is 1.03 bits per heavy atom. The summed E-state index contributed by atoms with van der Waals surface area (Å²) in [6, 6.07) is 12.5. The molecule has 0 saturated heterocycles. The van der Waals surface area contributed by atoms with Gasteiger partial charge >= 0.3 is 0 Å². The first-order valence-corrected chi connectivity index (χ1v) is 10.7. The van der Waals surface area contributed by atoms with Crippen LogP contribution in [0.4, 0.5) is 15.9 Å². The van der Waals surface area contributed by atoms with Crippen LogP contribution in [0.25, 0.3) is 11.2 Å². The summed E-state index contributed by atoms with van der Waals surface area (Å²) in [4.78, 5) is 17.0. The second-order valence-electron chi connectivity index (χ2n) is 6.27. The lowest BCUT2D eigenvalue weighted by Crippen LogP contribution is -1.98. The number of nitrogens with zero attached hydrogens (tertiary/aromatic N) is 3. The highest BCUT2D eigenvalue weighted by Crippen LogP contribution is 2.29. The van der Waals surface area contributed by atoms with Gasteiger partial charge in [0.05, 0.1) is 0 Å². The van der Waals surface area contributed by atoms with Gasteiger partial charge in [-0.1, -0.05) is 53.2 Å². The van der Waals surface area contributed by atoms with Gasteiger partial charge < -0.3 is 10.3 Å². The largest absolute Gasteiger partial charge is 0.338 e. The lowest BCUT2D eigenvalue weighted by atomic mass is 10.1. The lowest BCUT2D eigenvalue weighted by molar-refractivity contribution is 0.485. The first-order chi connectivity index (χ1) is 14.1. The molecule has 0 radical (unpaired) electrons. The molecule has 4 rings (SSSR count). The Bertz CT molecular complexity index is 1140. The predicted octanol–water partition coefficient (Wildman–Crippen LogP) is 6.19. The highest BCUT2D eigenvalue weighted by Gasteiger charge is 2.15. The van der Waals surface area contributed by atoms with E-state index in [0.717, 1.165) is 11.3 Å². The molecule has 4 aromatic rings. The minimum absolute atomic E-state index is 0.439. The molecular formula is C20H16Cl2FN5S. The molecule has 5 nitrogen and oxygen atoms in total. The Labute approximate surface area is 181 Å². The number of benzene rings is 2. The molecule has 0 bridgehead atoms. The van der Waals surface area contributed by atoms with E-state index in [0.29, 0.717) is 50.0 Å². The summed E-state index contributed by atoms with van der Waals surface area (Å²) >= 11 is 14.0. The quantitative estimate of drug-likeness (QED) is 0.272. The number of rotatable bonds is 6. The first-order valence-electron chi connectivity index (χ1n) is 8.73. The van der Waals surface area contributed by atoms with Gasteiger partial charge in [-0.25, -0.2) is 19.3 Å². The number of imidazole rings is 1. The maximum atomic E-state index is 12.8. The maximum Gasteiger partial charge on any atom is 0.191 e. The molecular weight excluding hydrogens is 432 g/mol. The van der Waals surface area contributed by atoms with E-state index in [1.54, 1.807) is 42.5 Å². The highest BCUT2D eigenvalue weighted by atomic mass is 35.5. The number of fused-ring (bicyclic) bond motifs is 1. The molecule has 2 N–H and O–H groups in total. The SMILES string of the molecule is CSc1nc(Nc2ccc(CF)cc2)c2nc(Cc3c(Cl)cccc3Cl)[nH]c2n1. The van der Waals surface area contributed by atoms with Crippen molar-refractivity contribution in [2.45, 2.75) is 18.3 Å². The van der Waals surface area contributed by atoms with E-state index in [1.807, 2.05) is 6.26 Å². The van der Waals surface area contributed by atoms with Crippen LogP contribution in [0.3, 0.4) is 0 Å². The fourth-order valence-electron chi connectivity index (χ4n) is 2.87. The minimum atomic E-state index is -0.498. The van der Waals surface area contributed by atoms with Crippen molar-refractivity contribution < 1.29 is 4.39 Å². The second-order valence-corrected chi connectivity index (χ2v) is 7.86. The summed E-state index contributed by atoms with van der Waals surface area (Å²) in [5, 5.41) is 5.02. The zero-order valence-electron chi connectivity index (χ0n) is 15.3. The van der Waals surface area contributed by atoms with E-state index in [1.165, 1.54) is 11.8 Å². The monoisotopic (exact) mass is 447 g/mol. The van der Waals surface area contributed by atoms with Crippen molar-refractivity contribution in [3.63, 3.8) is 0 Å². The minimum Gasteiger partial charge on any atom is -0.338 e. The summed E-state index contributed by atoms with van der Waals surface area (Å²) in [7, 11) is 0. The van der Waals surface area contributed by atoms with Crippen LogP contribution in [0.2, 0.25) is 10.0 Å². The van der Waals surface area contributed by atoms with Crippen LogP contribution >= 0.6 is 35.0 Å². The van der Waals surface area contributed by atoms with E-state index in [-0.39, 0.29) is 0 Å². The molecule has 0 aliphatic carbocycles. The van der Waals surface area contributed by atoms with Gasteiger partial charge in [-0.3, -0.25) is 0 Å².